The van der Waals surface area contributed by atoms with Gasteiger partial charge >= 0.3 is 0 Å². The summed E-state index contributed by atoms with van der Waals surface area (Å²) in [7, 11) is -3.41. The molecule has 114 valence electrons. The summed E-state index contributed by atoms with van der Waals surface area (Å²) in [6.45, 7) is 4.53. The molecule has 0 aromatic heterocycles. The molecule has 1 aliphatic heterocycles. The van der Waals surface area contributed by atoms with E-state index in [2.05, 4.69) is 16.5 Å². The van der Waals surface area contributed by atoms with E-state index in [0.29, 0.717) is 17.7 Å². The fourth-order valence-corrected chi connectivity index (χ4v) is 3.99. The van der Waals surface area contributed by atoms with E-state index in [0.717, 1.165) is 25.9 Å². The zero-order valence-corrected chi connectivity index (χ0v) is 13.1. The molecule has 5 nitrogen and oxygen atoms in total. The minimum Gasteiger partial charge on any atom is -0.299 e. The van der Waals surface area contributed by atoms with Crippen LogP contribution in [-0.2, 0) is 15.8 Å². The minimum atomic E-state index is -3.41. The highest BCUT2D eigenvalue weighted by Crippen LogP contribution is 2.16. The Kier molecular flexibility index (Phi) is 5.34. The second-order valence-electron chi connectivity index (χ2n) is 5.30. The average Bonchev–Trinajstić information content (AvgIpc) is 2.93. The van der Waals surface area contributed by atoms with E-state index >= 15 is 0 Å². The van der Waals surface area contributed by atoms with Gasteiger partial charge in [0.2, 0.25) is 10.0 Å². The van der Waals surface area contributed by atoms with Crippen molar-refractivity contribution in [3.8, 4) is 6.07 Å². The van der Waals surface area contributed by atoms with Crippen LogP contribution in [0.3, 0.4) is 0 Å². The van der Waals surface area contributed by atoms with Crippen LogP contribution in [-0.4, -0.2) is 39.0 Å². The van der Waals surface area contributed by atoms with Crippen LogP contribution in [0.25, 0.3) is 0 Å². The first-order chi connectivity index (χ1) is 10.1. The summed E-state index contributed by atoms with van der Waals surface area (Å²) in [4.78, 5) is 2.30. The Morgan fingerprint density at radius 1 is 1.43 bits per heavy atom. The number of nitriles is 1. The zero-order valence-electron chi connectivity index (χ0n) is 12.2. The standard InChI is InChI=1S/C15H21N3O2S/c1-2-18-9-5-8-15(18)11-17-21(19,20)12-14-7-4-3-6-13(14)10-16/h3-4,6-7,15,17H,2,5,8-9,11-12H2,1H3. The molecule has 6 heteroatoms. The molecule has 1 saturated heterocycles. The maximum atomic E-state index is 12.2. The van der Waals surface area contributed by atoms with Gasteiger partial charge in [0.25, 0.3) is 0 Å². The molecule has 1 aromatic rings. The molecule has 0 bridgehead atoms. The maximum Gasteiger partial charge on any atom is 0.215 e. The first-order valence-corrected chi connectivity index (χ1v) is 8.90. The van der Waals surface area contributed by atoms with Gasteiger partial charge in [-0.05, 0) is 37.6 Å². The third kappa shape index (κ3) is 4.27. The highest BCUT2D eigenvalue weighted by atomic mass is 32.2. The zero-order chi connectivity index (χ0) is 15.3. The highest BCUT2D eigenvalue weighted by Gasteiger charge is 2.24. The van der Waals surface area contributed by atoms with Gasteiger partial charge in [-0.25, -0.2) is 13.1 Å². The molecule has 2 rings (SSSR count). The Morgan fingerprint density at radius 2 is 2.19 bits per heavy atom. The number of likely N-dealkylation sites (N-methyl/N-ethyl adjacent to an activating group) is 1. The van der Waals surface area contributed by atoms with Crippen LogP contribution in [0.15, 0.2) is 24.3 Å². The normalized spacial score (nSPS) is 19.5. The van der Waals surface area contributed by atoms with Crippen molar-refractivity contribution in [1.82, 2.24) is 9.62 Å². The van der Waals surface area contributed by atoms with E-state index in [9.17, 15) is 8.42 Å². The molecule has 1 fully saturated rings. The Morgan fingerprint density at radius 3 is 2.90 bits per heavy atom. The molecule has 1 unspecified atom stereocenters. The summed E-state index contributed by atoms with van der Waals surface area (Å²) in [5, 5.41) is 9.01. The number of benzene rings is 1. The third-order valence-electron chi connectivity index (χ3n) is 3.93. The predicted octanol–water partition coefficient (Wildman–Crippen LogP) is 1.46. The first-order valence-electron chi connectivity index (χ1n) is 7.25. The van der Waals surface area contributed by atoms with Crippen LogP contribution in [0.2, 0.25) is 0 Å². The van der Waals surface area contributed by atoms with Gasteiger partial charge in [0, 0.05) is 12.6 Å². The van der Waals surface area contributed by atoms with Crippen LogP contribution < -0.4 is 4.72 Å². The van der Waals surface area contributed by atoms with Crippen LogP contribution in [0.5, 0.6) is 0 Å². The number of rotatable bonds is 6. The van der Waals surface area contributed by atoms with E-state index in [-0.39, 0.29) is 11.8 Å². The fourth-order valence-electron chi connectivity index (χ4n) is 2.78. The van der Waals surface area contributed by atoms with Crippen molar-refractivity contribution in [3.05, 3.63) is 35.4 Å². The van der Waals surface area contributed by atoms with Crippen LogP contribution in [0.4, 0.5) is 0 Å². The Balaban J connectivity index is 1.98. The van der Waals surface area contributed by atoms with Gasteiger partial charge in [0.15, 0.2) is 0 Å². The lowest BCUT2D eigenvalue weighted by molar-refractivity contribution is 0.268. The van der Waals surface area contributed by atoms with Gasteiger partial charge in [-0.15, -0.1) is 0 Å². The fraction of sp³-hybridized carbons (Fsp3) is 0.533. The summed E-state index contributed by atoms with van der Waals surface area (Å²) in [5.74, 6) is -0.143. The van der Waals surface area contributed by atoms with Crippen molar-refractivity contribution in [2.45, 2.75) is 31.6 Å². The molecule has 1 atom stereocenters. The number of nitrogens with one attached hydrogen (secondary N) is 1. The number of likely N-dealkylation sites (tertiary alicyclic amines) is 1. The van der Waals surface area contributed by atoms with E-state index in [1.807, 2.05) is 6.07 Å². The summed E-state index contributed by atoms with van der Waals surface area (Å²) < 4.78 is 27.0. The molecule has 0 radical (unpaired) electrons. The van der Waals surface area contributed by atoms with Gasteiger partial charge in [-0.2, -0.15) is 5.26 Å². The second-order valence-corrected chi connectivity index (χ2v) is 7.11. The monoisotopic (exact) mass is 307 g/mol. The SMILES string of the molecule is CCN1CCCC1CNS(=O)(=O)Cc1ccccc1C#N. The lowest BCUT2D eigenvalue weighted by Crippen LogP contribution is -2.40. The molecule has 1 aliphatic rings. The molecule has 0 aliphatic carbocycles. The second kappa shape index (κ2) is 7.03. The van der Waals surface area contributed by atoms with Crippen LogP contribution in [0.1, 0.15) is 30.9 Å². The Hall–Kier alpha value is -1.42. The summed E-state index contributed by atoms with van der Waals surface area (Å²) >= 11 is 0. The first kappa shape index (κ1) is 16.0. The van der Waals surface area contributed by atoms with Gasteiger partial charge in [0.1, 0.15) is 0 Å². The van der Waals surface area contributed by atoms with Crippen molar-refractivity contribution in [3.63, 3.8) is 0 Å². The molecular formula is C15H21N3O2S. The third-order valence-corrected chi connectivity index (χ3v) is 5.23. The molecule has 0 spiro atoms. The van der Waals surface area contributed by atoms with E-state index in [1.54, 1.807) is 24.3 Å². The molecule has 21 heavy (non-hydrogen) atoms. The molecule has 0 saturated carbocycles. The summed E-state index contributed by atoms with van der Waals surface area (Å²) in [6, 6.07) is 9.13. The number of hydrogen-bond donors (Lipinski definition) is 1. The smallest absolute Gasteiger partial charge is 0.215 e. The van der Waals surface area contributed by atoms with Crippen molar-refractivity contribution in [2.24, 2.45) is 0 Å². The number of hydrogen-bond acceptors (Lipinski definition) is 4. The highest BCUT2D eigenvalue weighted by molar-refractivity contribution is 7.88. The van der Waals surface area contributed by atoms with Gasteiger partial charge in [-0.1, -0.05) is 25.1 Å². The molecule has 1 heterocycles. The van der Waals surface area contributed by atoms with Gasteiger partial charge in [0.05, 0.1) is 17.4 Å². The lowest BCUT2D eigenvalue weighted by Gasteiger charge is -2.22. The summed E-state index contributed by atoms with van der Waals surface area (Å²) in [5.41, 5.74) is 0.963. The van der Waals surface area contributed by atoms with Crippen molar-refractivity contribution in [2.75, 3.05) is 19.6 Å². The molecule has 1 N–H and O–H groups in total. The van der Waals surface area contributed by atoms with E-state index < -0.39 is 10.0 Å². The predicted molar refractivity (Wildman–Crippen MR) is 82.1 cm³/mol. The Labute approximate surface area is 126 Å². The molecular weight excluding hydrogens is 286 g/mol. The largest absolute Gasteiger partial charge is 0.299 e. The van der Waals surface area contributed by atoms with E-state index in [1.165, 1.54) is 0 Å². The van der Waals surface area contributed by atoms with Crippen molar-refractivity contribution >= 4 is 10.0 Å². The van der Waals surface area contributed by atoms with Crippen LogP contribution in [0, 0.1) is 11.3 Å². The van der Waals surface area contributed by atoms with Crippen molar-refractivity contribution in [1.29, 1.82) is 5.26 Å². The topological polar surface area (TPSA) is 73.2 Å². The number of nitrogens with zero attached hydrogens (tertiary/aromatic N) is 2. The van der Waals surface area contributed by atoms with Crippen LogP contribution >= 0.6 is 0 Å². The average molecular weight is 307 g/mol. The Bertz CT molecular complexity index is 622. The minimum absolute atomic E-state index is 0.143. The maximum absolute atomic E-state index is 12.2. The number of sulfonamides is 1. The quantitative estimate of drug-likeness (QED) is 0.863. The molecule has 0 amide bonds. The van der Waals surface area contributed by atoms with Gasteiger partial charge in [-0.3, -0.25) is 4.90 Å². The lowest BCUT2D eigenvalue weighted by atomic mass is 10.1. The van der Waals surface area contributed by atoms with Gasteiger partial charge < -0.3 is 0 Å². The molecule has 1 aromatic carbocycles. The van der Waals surface area contributed by atoms with E-state index in [4.69, 9.17) is 5.26 Å². The summed E-state index contributed by atoms with van der Waals surface area (Å²) in [6.07, 6.45) is 2.16. The van der Waals surface area contributed by atoms with Crippen molar-refractivity contribution < 1.29 is 8.42 Å².